The zero-order valence-electron chi connectivity index (χ0n) is 14.0. The maximum atomic E-state index is 6.34. The summed E-state index contributed by atoms with van der Waals surface area (Å²) >= 11 is 9.85. The van der Waals surface area contributed by atoms with Gasteiger partial charge in [0.1, 0.15) is 5.82 Å². The summed E-state index contributed by atoms with van der Waals surface area (Å²) in [5, 5.41) is 8.47. The van der Waals surface area contributed by atoms with E-state index in [4.69, 9.17) is 21.2 Å². The third kappa shape index (κ3) is 4.15. The van der Waals surface area contributed by atoms with Crippen molar-refractivity contribution in [2.75, 3.05) is 32.6 Å². The highest BCUT2D eigenvalue weighted by Gasteiger charge is 2.13. The van der Waals surface area contributed by atoms with Crippen molar-refractivity contribution in [3.05, 3.63) is 46.0 Å². The number of nitrogens with one attached hydrogen (secondary N) is 1. The second-order valence-corrected chi connectivity index (χ2v) is 6.92. The molecule has 130 valence electrons. The number of halogens is 2. The molecule has 3 rings (SSSR count). The second kappa shape index (κ2) is 8.18. The lowest BCUT2D eigenvalue weighted by Crippen LogP contribution is -2.30. The molecule has 0 aliphatic carbocycles. The van der Waals surface area contributed by atoms with Crippen LogP contribution in [0.1, 0.15) is 0 Å². The van der Waals surface area contributed by atoms with Crippen LogP contribution in [0.3, 0.4) is 0 Å². The first-order chi connectivity index (χ1) is 12.1. The van der Waals surface area contributed by atoms with Gasteiger partial charge >= 0.3 is 7.62 Å². The summed E-state index contributed by atoms with van der Waals surface area (Å²) in [5.41, 5.74) is 2.43. The van der Waals surface area contributed by atoms with Crippen LogP contribution in [0.15, 0.2) is 41.0 Å². The Labute approximate surface area is 160 Å². The Morgan fingerprint density at radius 2 is 2.20 bits per heavy atom. The molecular weight excluding hydrogens is 404 g/mol. The molecule has 0 aliphatic rings. The lowest BCUT2D eigenvalue weighted by atomic mass is 10.1. The Hall–Kier alpha value is -1.61. The normalized spacial score (nSPS) is 11.2. The van der Waals surface area contributed by atoms with Crippen LogP contribution in [0.5, 0.6) is 0 Å². The smallest absolute Gasteiger partial charge is 0.363 e. The number of nitrogens with zero attached hydrogens (tertiary/aromatic N) is 4. The minimum atomic E-state index is 0.589. The van der Waals surface area contributed by atoms with Crippen LogP contribution in [0.4, 0.5) is 5.82 Å². The number of benzene rings is 1. The van der Waals surface area contributed by atoms with Gasteiger partial charge in [0.25, 0.3) is 0 Å². The lowest BCUT2D eigenvalue weighted by molar-refractivity contribution is 0.373. The average molecular weight is 423 g/mol. The molecule has 0 amide bonds. The molecule has 2 aromatic heterocycles. The summed E-state index contributed by atoms with van der Waals surface area (Å²) < 4.78 is 7.73. The highest BCUT2D eigenvalue weighted by atomic mass is 79.9. The quantitative estimate of drug-likeness (QED) is 0.593. The van der Waals surface area contributed by atoms with Crippen molar-refractivity contribution in [2.45, 2.75) is 0 Å². The van der Waals surface area contributed by atoms with E-state index < -0.39 is 0 Å². The average Bonchev–Trinajstić information content (AvgIpc) is 2.97. The largest absolute Gasteiger partial charge is 0.427 e. The third-order valence-electron chi connectivity index (χ3n) is 3.73. The first-order valence-electron chi connectivity index (χ1n) is 7.80. The van der Waals surface area contributed by atoms with Gasteiger partial charge < -0.3 is 14.8 Å². The van der Waals surface area contributed by atoms with Crippen LogP contribution < -0.4 is 5.32 Å². The molecule has 2 heterocycles. The van der Waals surface area contributed by atoms with Crippen molar-refractivity contribution in [2.24, 2.45) is 0 Å². The molecular formula is C16H18BBrClN5O. The van der Waals surface area contributed by atoms with Gasteiger partial charge in [0, 0.05) is 36.9 Å². The number of fused-ring (bicyclic) bond motifs is 1. The molecule has 25 heavy (non-hydrogen) atoms. The summed E-state index contributed by atoms with van der Waals surface area (Å²) in [5.74, 6) is 0.858. The summed E-state index contributed by atoms with van der Waals surface area (Å²) in [6.07, 6.45) is 1.74. The zero-order chi connectivity index (χ0) is 17.8. The van der Waals surface area contributed by atoms with Crippen molar-refractivity contribution in [3.63, 3.8) is 0 Å². The number of hydrogen-bond acceptors (Lipinski definition) is 5. The van der Waals surface area contributed by atoms with Gasteiger partial charge in [-0.2, -0.15) is 9.61 Å². The van der Waals surface area contributed by atoms with Crippen molar-refractivity contribution in [3.8, 4) is 11.3 Å². The van der Waals surface area contributed by atoms with E-state index in [0.717, 1.165) is 40.3 Å². The lowest BCUT2D eigenvalue weighted by Gasteiger charge is -2.16. The predicted octanol–water partition coefficient (Wildman–Crippen LogP) is 3.07. The molecule has 0 saturated heterocycles. The molecule has 0 unspecified atom stereocenters. The standard InChI is InChI=1S/C16H18BBrClN5O/c1-23(17-25-2)8-7-20-15-9-14(11-5-3-4-6-13(11)19)22-16-12(18)10-21-24(15)16/h3-6,9-10,17,20H,7-8H2,1-2H3. The highest BCUT2D eigenvalue weighted by molar-refractivity contribution is 9.10. The summed E-state index contributed by atoms with van der Waals surface area (Å²) in [7, 11) is 4.28. The van der Waals surface area contributed by atoms with E-state index in [1.807, 2.05) is 37.4 Å². The molecule has 6 nitrogen and oxygen atoms in total. The molecule has 0 fully saturated rings. The van der Waals surface area contributed by atoms with E-state index in [0.29, 0.717) is 12.6 Å². The Morgan fingerprint density at radius 3 is 2.96 bits per heavy atom. The Morgan fingerprint density at radius 1 is 1.40 bits per heavy atom. The zero-order valence-corrected chi connectivity index (χ0v) is 16.4. The number of anilines is 1. The number of likely N-dealkylation sites (N-methyl/N-ethyl adjacent to an activating group) is 1. The van der Waals surface area contributed by atoms with E-state index in [1.165, 1.54) is 0 Å². The Kier molecular flexibility index (Phi) is 5.95. The van der Waals surface area contributed by atoms with Crippen molar-refractivity contribution in [1.29, 1.82) is 0 Å². The molecule has 1 N–H and O–H groups in total. The third-order valence-corrected chi connectivity index (χ3v) is 4.62. The number of hydrogen-bond donors (Lipinski definition) is 1. The van der Waals surface area contributed by atoms with E-state index >= 15 is 0 Å². The number of rotatable bonds is 7. The maximum absolute atomic E-state index is 6.34. The minimum Gasteiger partial charge on any atom is -0.427 e. The van der Waals surface area contributed by atoms with Gasteiger partial charge in [0.15, 0.2) is 5.65 Å². The second-order valence-electron chi connectivity index (χ2n) is 5.66. The first kappa shape index (κ1) is 18.2. The highest BCUT2D eigenvalue weighted by Crippen LogP contribution is 2.30. The fourth-order valence-corrected chi connectivity index (χ4v) is 3.11. The van der Waals surface area contributed by atoms with Crippen molar-refractivity contribution in [1.82, 2.24) is 19.4 Å². The Bertz CT molecular complexity index is 875. The van der Waals surface area contributed by atoms with Crippen LogP contribution in [0.25, 0.3) is 16.9 Å². The monoisotopic (exact) mass is 421 g/mol. The van der Waals surface area contributed by atoms with Gasteiger partial charge in [-0.1, -0.05) is 29.8 Å². The Balaban J connectivity index is 1.93. The molecule has 0 atom stereocenters. The topological polar surface area (TPSA) is 54.7 Å². The molecule has 0 radical (unpaired) electrons. The van der Waals surface area contributed by atoms with Crippen molar-refractivity contribution >= 4 is 46.6 Å². The molecule has 9 heteroatoms. The van der Waals surface area contributed by atoms with Crippen LogP contribution >= 0.6 is 27.5 Å². The van der Waals surface area contributed by atoms with E-state index in [1.54, 1.807) is 17.8 Å². The molecule has 1 aromatic carbocycles. The molecule has 0 spiro atoms. The van der Waals surface area contributed by atoms with Gasteiger partial charge in [-0.25, -0.2) is 4.98 Å². The summed E-state index contributed by atoms with van der Waals surface area (Å²) in [6, 6.07) is 9.64. The van der Waals surface area contributed by atoms with Crippen LogP contribution in [-0.4, -0.2) is 54.3 Å². The van der Waals surface area contributed by atoms with Gasteiger partial charge in [-0.3, -0.25) is 0 Å². The molecule has 0 aliphatic heterocycles. The van der Waals surface area contributed by atoms with Crippen LogP contribution in [0, 0.1) is 0 Å². The fraction of sp³-hybridized carbons (Fsp3) is 0.250. The van der Waals surface area contributed by atoms with Gasteiger partial charge in [-0.05, 0) is 29.0 Å². The molecule has 0 saturated carbocycles. The van der Waals surface area contributed by atoms with Gasteiger partial charge in [0.05, 0.1) is 16.4 Å². The predicted molar refractivity (Wildman–Crippen MR) is 106 cm³/mol. The van der Waals surface area contributed by atoms with Gasteiger partial charge in [-0.15, -0.1) is 0 Å². The summed E-state index contributed by atoms with van der Waals surface area (Å²) in [6.45, 7) is 1.58. The number of aromatic nitrogens is 3. The maximum Gasteiger partial charge on any atom is 0.363 e. The van der Waals surface area contributed by atoms with E-state index in [-0.39, 0.29) is 0 Å². The van der Waals surface area contributed by atoms with Gasteiger partial charge in [0.2, 0.25) is 0 Å². The van der Waals surface area contributed by atoms with Crippen LogP contribution in [0.2, 0.25) is 5.02 Å². The SMILES string of the molecule is COBN(C)CCNc1cc(-c2ccccc2Cl)nc2c(Br)cnn12. The van der Waals surface area contributed by atoms with E-state index in [2.05, 4.69) is 31.2 Å². The first-order valence-corrected chi connectivity index (χ1v) is 8.98. The molecule has 0 bridgehead atoms. The van der Waals surface area contributed by atoms with Crippen LogP contribution in [-0.2, 0) is 4.65 Å². The molecule has 3 aromatic rings. The van der Waals surface area contributed by atoms with E-state index in [9.17, 15) is 0 Å². The fourth-order valence-electron chi connectivity index (χ4n) is 2.53. The van der Waals surface area contributed by atoms with Crippen molar-refractivity contribution < 1.29 is 4.65 Å². The summed E-state index contributed by atoms with van der Waals surface area (Å²) in [4.78, 5) is 6.78. The minimum absolute atomic E-state index is 0.589.